The van der Waals surface area contributed by atoms with Crippen molar-refractivity contribution in [3.05, 3.63) is 28.9 Å². The number of H-pyrrole nitrogens is 1. The van der Waals surface area contributed by atoms with Gasteiger partial charge in [0.15, 0.2) is 0 Å². The Kier molecular flexibility index (Phi) is 5.49. The van der Waals surface area contributed by atoms with Crippen molar-refractivity contribution in [1.82, 2.24) is 20.4 Å². The molecular formula is C16H23ClN4O2. The molecule has 1 aromatic heterocycles. The van der Waals surface area contributed by atoms with Crippen molar-refractivity contribution in [2.45, 2.75) is 32.9 Å². The van der Waals surface area contributed by atoms with Gasteiger partial charge < -0.3 is 10.1 Å². The van der Waals surface area contributed by atoms with Crippen LogP contribution in [0.2, 0.25) is 5.02 Å². The summed E-state index contributed by atoms with van der Waals surface area (Å²) in [5, 5.41) is 11.8. The van der Waals surface area contributed by atoms with Crippen LogP contribution in [-0.2, 0) is 11.3 Å². The lowest BCUT2D eigenvalue weighted by molar-refractivity contribution is 0.0523. The first-order chi connectivity index (χ1) is 10.7. The van der Waals surface area contributed by atoms with Crippen LogP contribution in [0.15, 0.2) is 18.2 Å². The Bertz CT molecular complexity index is 678. The van der Waals surface area contributed by atoms with Crippen LogP contribution in [0.4, 0.5) is 4.79 Å². The molecular weight excluding hydrogens is 316 g/mol. The van der Waals surface area contributed by atoms with Gasteiger partial charge in [-0.2, -0.15) is 5.10 Å². The second-order valence-corrected chi connectivity index (χ2v) is 6.97. The fourth-order valence-corrected chi connectivity index (χ4v) is 2.34. The van der Waals surface area contributed by atoms with Crippen LogP contribution in [0, 0.1) is 0 Å². The van der Waals surface area contributed by atoms with E-state index in [2.05, 4.69) is 20.4 Å². The molecule has 1 heterocycles. The van der Waals surface area contributed by atoms with Crippen molar-refractivity contribution in [2.75, 3.05) is 20.1 Å². The highest BCUT2D eigenvalue weighted by Gasteiger charge is 2.15. The van der Waals surface area contributed by atoms with E-state index in [1.807, 2.05) is 46.0 Å². The molecule has 2 N–H and O–H groups in total. The number of rotatable bonds is 5. The van der Waals surface area contributed by atoms with E-state index in [0.717, 1.165) is 16.6 Å². The smallest absolute Gasteiger partial charge is 0.407 e. The van der Waals surface area contributed by atoms with Gasteiger partial charge in [-0.1, -0.05) is 11.6 Å². The van der Waals surface area contributed by atoms with Gasteiger partial charge in [0.1, 0.15) is 5.60 Å². The van der Waals surface area contributed by atoms with Gasteiger partial charge >= 0.3 is 6.09 Å². The van der Waals surface area contributed by atoms with Gasteiger partial charge in [-0.25, -0.2) is 4.79 Å². The number of hydrogen-bond donors (Lipinski definition) is 2. The molecule has 0 aliphatic rings. The molecule has 2 rings (SSSR count). The van der Waals surface area contributed by atoms with E-state index in [1.54, 1.807) is 0 Å². The van der Waals surface area contributed by atoms with Gasteiger partial charge in [-0.15, -0.1) is 0 Å². The van der Waals surface area contributed by atoms with Gasteiger partial charge in [0.05, 0.1) is 11.2 Å². The minimum Gasteiger partial charge on any atom is -0.444 e. The predicted octanol–water partition coefficient (Wildman–Crippen LogP) is 3.17. The van der Waals surface area contributed by atoms with Gasteiger partial charge in [0.25, 0.3) is 0 Å². The number of halogens is 1. The van der Waals surface area contributed by atoms with Crippen LogP contribution < -0.4 is 5.32 Å². The van der Waals surface area contributed by atoms with Crippen LogP contribution in [0.3, 0.4) is 0 Å². The first-order valence-corrected chi connectivity index (χ1v) is 7.90. The maximum absolute atomic E-state index is 11.6. The highest BCUT2D eigenvalue weighted by Crippen LogP contribution is 2.21. The summed E-state index contributed by atoms with van der Waals surface area (Å²) in [7, 11) is 1.98. The van der Waals surface area contributed by atoms with E-state index in [1.165, 1.54) is 0 Å². The lowest BCUT2D eigenvalue weighted by Gasteiger charge is -2.21. The summed E-state index contributed by atoms with van der Waals surface area (Å²) in [6.45, 7) is 7.42. The molecule has 0 fully saturated rings. The fourth-order valence-electron chi connectivity index (χ4n) is 2.17. The number of amides is 1. The minimum atomic E-state index is -0.482. The molecule has 6 nitrogen and oxygen atoms in total. The number of hydrogen-bond acceptors (Lipinski definition) is 4. The first-order valence-electron chi connectivity index (χ1n) is 7.52. The average molecular weight is 339 g/mol. The minimum absolute atomic E-state index is 0.398. The van der Waals surface area contributed by atoms with E-state index >= 15 is 0 Å². The van der Waals surface area contributed by atoms with E-state index in [-0.39, 0.29) is 0 Å². The number of nitrogens with one attached hydrogen (secondary N) is 2. The number of carbonyl (C=O) groups excluding carboxylic acids is 1. The standard InChI is InChI=1S/C16H23ClN4O2/c1-16(2,3)23-15(22)18-7-8-21(4)10-14-12-9-11(17)5-6-13(12)19-20-14/h5-6,9H,7-8,10H2,1-4H3,(H,18,22)(H,19,20). The number of nitrogens with zero attached hydrogens (tertiary/aromatic N) is 2. The zero-order valence-corrected chi connectivity index (χ0v) is 14.7. The Hall–Kier alpha value is -1.79. The quantitative estimate of drug-likeness (QED) is 0.878. The maximum atomic E-state index is 11.6. The third-order valence-electron chi connectivity index (χ3n) is 3.18. The molecule has 126 valence electrons. The van der Waals surface area contributed by atoms with Crippen molar-refractivity contribution in [3.63, 3.8) is 0 Å². The number of likely N-dealkylation sites (N-methyl/N-ethyl adjacent to an activating group) is 1. The summed E-state index contributed by atoms with van der Waals surface area (Å²) in [6.07, 6.45) is -0.398. The number of aromatic amines is 1. The van der Waals surface area contributed by atoms with E-state index < -0.39 is 11.7 Å². The summed E-state index contributed by atoms with van der Waals surface area (Å²) in [5.74, 6) is 0. The van der Waals surface area contributed by atoms with Crippen molar-refractivity contribution >= 4 is 28.6 Å². The highest BCUT2D eigenvalue weighted by atomic mass is 35.5. The van der Waals surface area contributed by atoms with Crippen LogP contribution in [-0.4, -0.2) is 46.9 Å². The van der Waals surface area contributed by atoms with Crippen LogP contribution in [0.25, 0.3) is 10.9 Å². The van der Waals surface area contributed by atoms with Crippen LogP contribution >= 0.6 is 11.6 Å². The summed E-state index contributed by atoms with van der Waals surface area (Å²) in [5.41, 5.74) is 1.41. The van der Waals surface area contributed by atoms with Gasteiger partial charge in [0.2, 0.25) is 0 Å². The summed E-state index contributed by atoms with van der Waals surface area (Å²) in [6, 6.07) is 5.62. The molecule has 0 unspecified atom stereocenters. The van der Waals surface area contributed by atoms with Crippen LogP contribution in [0.1, 0.15) is 26.5 Å². The number of ether oxygens (including phenoxy) is 1. The van der Waals surface area contributed by atoms with Gasteiger partial charge in [-0.3, -0.25) is 10.00 Å². The molecule has 0 bridgehead atoms. The first kappa shape index (κ1) is 17.6. The van der Waals surface area contributed by atoms with Gasteiger partial charge in [-0.05, 0) is 46.0 Å². The average Bonchev–Trinajstić information content (AvgIpc) is 2.79. The van der Waals surface area contributed by atoms with Crippen molar-refractivity contribution in [2.24, 2.45) is 0 Å². The number of aromatic nitrogens is 2. The molecule has 0 atom stereocenters. The molecule has 1 amide bonds. The molecule has 0 aliphatic heterocycles. The van der Waals surface area contributed by atoms with Gasteiger partial charge in [0, 0.05) is 30.0 Å². The Balaban J connectivity index is 1.83. The van der Waals surface area contributed by atoms with Crippen LogP contribution in [0.5, 0.6) is 0 Å². The maximum Gasteiger partial charge on any atom is 0.407 e. The summed E-state index contributed by atoms with van der Waals surface area (Å²) >= 11 is 6.04. The largest absolute Gasteiger partial charge is 0.444 e. The molecule has 0 spiro atoms. The highest BCUT2D eigenvalue weighted by molar-refractivity contribution is 6.31. The Morgan fingerprint density at radius 3 is 2.87 bits per heavy atom. The molecule has 2 aromatic rings. The molecule has 7 heteroatoms. The normalized spacial score (nSPS) is 11.9. The molecule has 1 aromatic carbocycles. The topological polar surface area (TPSA) is 70.2 Å². The molecule has 0 saturated carbocycles. The van der Waals surface area contributed by atoms with E-state index in [4.69, 9.17) is 16.3 Å². The lowest BCUT2D eigenvalue weighted by Crippen LogP contribution is -2.36. The molecule has 0 saturated heterocycles. The fraction of sp³-hybridized carbons (Fsp3) is 0.500. The molecule has 0 aliphatic carbocycles. The summed E-state index contributed by atoms with van der Waals surface area (Å²) in [4.78, 5) is 13.7. The number of benzene rings is 1. The van der Waals surface area contributed by atoms with Crippen molar-refractivity contribution < 1.29 is 9.53 Å². The monoisotopic (exact) mass is 338 g/mol. The van der Waals surface area contributed by atoms with E-state index in [9.17, 15) is 4.79 Å². The SMILES string of the molecule is CN(CCNC(=O)OC(C)(C)C)Cc1[nH]nc2ccc(Cl)cc12. The van der Waals surface area contributed by atoms with Crippen molar-refractivity contribution in [3.8, 4) is 0 Å². The lowest BCUT2D eigenvalue weighted by atomic mass is 10.2. The Labute approximate surface area is 141 Å². The Morgan fingerprint density at radius 1 is 1.43 bits per heavy atom. The molecule has 0 radical (unpaired) electrons. The third kappa shape index (κ3) is 5.41. The predicted molar refractivity (Wildman–Crippen MR) is 91.7 cm³/mol. The van der Waals surface area contributed by atoms with Crippen molar-refractivity contribution in [1.29, 1.82) is 0 Å². The third-order valence-corrected chi connectivity index (χ3v) is 3.42. The number of carbonyl (C=O) groups is 1. The molecule has 23 heavy (non-hydrogen) atoms. The van der Waals surface area contributed by atoms with E-state index in [0.29, 0.717) is 24.7 Å². The zero-order valence-electron chi connectivity index (χ0n) is 13.9. The number of fused-ring (bicyclic) bond motifs is 1. The second kappa shape index (κ2) is 7.19. The number of alkyl carbamates (subject to hydrolysis) is 1. The second-order valence-electron chi connectivity index (χ2n) is 6.53. The zero-order chi connectivity index (χ0) is 17.0. The Morgan fingerprint density at radius 2 is 2.17 bits per heavy atom. The summed E-state index contributed by atoms with van der Waals surface area (Å²) < 4.78 is 5.20.